The van der Waals surface area contributed by atoms with Crippen LogP contribution in [-0.4, -0.2) is 12.6 Å². The van der Waals surface area contributed by atoms with Crippen LogP contribution in [0.4, 0.5) is 4.39 Å². The second-order valence-corrected chi connectivity index (χ2v) is 3.60. The fraction of sp³-hybridized carbons (Fsp3) is 0.500. The molecule has 0 saturated carbocycles. The molecule has 1 aromatic rings. The fourth-order valence-corrected chi connectivity index (χ4v) is 1.30. The topological polar surface area (TPSA) is 12.0 Å². The van der Waals surface area contributed by atoms with Crippen molar-refractivity contribution in [2.75, 3.05) is 6.54 Å². The summed E-state index contributed by atoms with van der Waals surface area (Å²) in [6.07, 6.45) is 1.87. The van der Waals surface area contributed by atoms with E-state index in [9.17, 15) is 4.39 Å². The Labute approximate surface area is 85.3 Å². The van der Waals surface area contributed by atoms with Gasteiger partial charge in [0.1, 0.15) is 5.82 Å². The molecule has 1 atom stereocenters. The van der Waals surface area contributed by atoms with E-state index in [1.165, 1.54) is 6.07 Å². The average Bonchev–Trinajstić information content (AvgIpc) is 2.20. The summed E-state index contributed by atoms with van der Waals surface area (Å²) in [6.45, 7) is 5.12. The van der Waals surface area contributed by atoms with Gasteiger partial charge in [0, 0.05) is 6.04 Å². The van der Waals surface area contributed by atoms with Gasteiger partial charge in [-0.2, -0.15) is 0 Å². The minimum Gasteiger partial charge on any atom is -0.314 e. The predicted octanol–water partition coefficient (Wildman–Crippen LogP) is 2.76. The summed E-state index contributed by atoms with van der Waals surface area (Å²) in [4.78, 5) is 0. The van der Waals surface area contributed by atoms with E-state index in [-0.39, 0.29) is 5.82 Å². The molecule has 1 N–H and O–H groups in total. The third-order valence-corrected chi connectivity index (χ3v) is 2.46. The van der Waals surface area contributed by atoms with Crippen LogP contribution >= 0.6 is 0 Å². The lowest BCUT2D eigenvalue weighted by molar-refractivity contribution is 0.529. The number of hydrogen-bond acceptors (Lipinski definition) is 1. The van der Waals surface area contributed by atoms with Crippen LogP contribution in [0.1, 0.15) is 25.8 Å². The summed E-state index contributed by atoms with van der Waals surface area (Å²) >= 11 is 0. The van der Waals surface area contributed by atoms with Crippen LogP contribution in [0.25, 0.3) is 0 Å². The van der Waals surface area contributed by atoms with Gasteiger partial charge in [0.25, 0.3) is 0 Å². The Morgan fingerprint density at radius 1 is 1.36 bits per heavy atom. The van der Waals surface area contributed by atoms with Crippen molar-refractivity contribution in [3.8, 4) is 0 Å². The smallest absolute Gasteiger partial charge is 0.126 e. The Hall–Kier alpha value is -0.890. The highest BCUT2D eigenvalue weighted by Gasteiger charge is 2.01. The van der Waals surface area contributed by atoms with Crippen LogP contribution in [0, 0.1) is 5.82 Å². The van der Waals surface area contributed by atoms with E-state index < -0.39 is 0 Å². The van der Waals surface area contributed by atoms with Gasteiger partial charge in [0.05, 0.1) is 0 Å². The van der Waals surface area contributed by atoms with E-state index >= 15 is 0 Å². The molecule has 0 bridgehead atoms. The van der Waals surface area contributed by atoms with Crippen molar-refractivity contribution < 1.29 is 4.39 Å². The van der Waals surface area contributed by atoms with Crippen LogP contribution in [0.3, 0.4) is 0 Å². The Balaban J connectivity index is 2.35. The Morgan fingerprint density at radius 2 is 2.07 bits per heavy atom. The maximum Gasteiger partial charge on any atom is 0.126 e. The Kier molecular flexibility index (Phi) is 4.60. The van der Waals surface area contributed by atoms with Crippen molar-refractivity contribution in [2.24, 2.45) is 0 Å². The highest BCUT2D eigenvalue weighted by atomic mass is 19.1. The third kappa shape index (κ3) is 3.46. The maximum absolute atomic E-state index is 13.2. The van der Waals surface area contributed by atoms with Gasteiger partial charge in [0.2, 0.25) is 0 Å². The molecule has 2 heteroatoms. The SMILES string of the molecule is CC[C@H](C)NCCc1ccccc1F. The Bertz CT molecular complexity index is 273. The minimum absolute atomic E-state index is 0.0987. The molecule has 0 heterocycles. The molecule has 0 aliphatic carbocycles. The third-order valence-electron chi connectivity index (χ3n) is 2.46. The first kappa shape index (κ1) is 11.2. The lowest BCUT2D eigenvalue weighted by Gasteiger charge is -2.11. The lowest BCUT2D eigenvalue weighted by Crippen LogP contribution is -2.27. The molecule has 0 unspecified atom stereocenters. The second kappa shape index (κ2) is 5.76. The number of benzene rings is 1. The molecule has 0 aromatic heterocycles. The maximum atomic E-state index is 13.2. The van der Waals surface area contributed by atoms with E-state index in [0.29, 0.717) is 6.04 Å². The zero-order valence-electron chi connectivity index (χ0n) is 8.89. The van der Waals surface area contributed by atoms with Gasteiger partial charge >= 0.3 is 0 Å². The van der Waals surface area contributed by atoms with Gasteiger partial charge in [-0.25, -0.2) is 4.39 Å². The van der Waals surface area contributed by atoms with Gasteiger partial charge in [-0.3, -0.25) is 0 Å². The van der Waals surface area contributed by atoms with Crippen LogP contribution in [0.2, 0.25) is 0 Å². The van der Waals surface area contributed by atoms with Crippen LogP contribution in [0.15, 0.2) is 24.3 Å². The molecule has 0 amide bonds. The van der Waals surface area contributed by atoms with Crippen LogP contribution in [-0.2, 0) is 6.42 Å². The van der Waals surface area contributed by atoms with Crippen molar-refractivity contribution in [3.05, 3.63) is 35.6 Å². The quantitative estimate of drug-likeness (QED) is 0.761. The van der Waals surface area contributed by atoms with Gasteiger partial charge in [-0.15, -0.1) is 0 Å². The molecule has 1 nitrogen and oxygen atoms in total. The summed E-state index contributed by atoms with van der Waals surface area (Å²) in [5.74, 6) is -0.0987. The molecule has 0 aliphatic rings. The molecular weight excluding hydrogens is 177 g/mol. The summed E-state index contributed by atoms with van der Waals surface area (Å²) in [5.41, 5.74) is 0.795. The molecule has 0 spiro atoms. The molecule has 1 aromatic carbocycles. The van der Waals surface area contributed by atoms with Crippen molar-refractivity contribution in [1.29, 1.82) is 0 Å². The summed E-state index contributed by atoms with van der Waals surface area (Å²) in [6, 6.07) is 7.47. The largest absolute Gasteiger partial charge is 0.314 e. The highest BCUT2D eigenvalue weighted by molar-refractivity contribution is 5.17. The number of halogens is 1. The first-order valence-electron chi connectivity index (χ1n) is 5.20. The summed E-state index contributed by atoms with van der Waals surface area (Å²) < 4.78 is 13.2. The average molecular weight is 195 g/mol. The molecule has 78 valence electrons. The number of rotatable bonds is 5. The fourth-order valence-electron chi connectivity index (χ4n) is 1.30. The monoisotopic (exact) mass is 195 g/mol. The van der Waals surface area contributed by atoms with E-state index in [0.717, 1.165) is 24.9 Å². The summed E-state index contributed by atoms with van der Waals surface area (Å²) in [5, 5.41) is 3.34. The van der Waals surface area contributed by atoms with Crippen LogP contribution in [0.5, 0.6) is 0 Å². The van der Waals surface area contributed by atoms with E-state index in [1.807, 2.05) is 12.1 Å². The first-order valence-corrected chi connectivity index (χ1v) is 5.20. The van der Waals surface area contributed by atoms with Gasteiger partial charge in [-0.05, 0) is 37.9 Å². The van der Waals surface area contributed by atoms with Gasteiger partial charge in [-0.1, -0.05) is 25.1 Å². The highest BCUT2D eigenvalue weighted by Crippen LogP contribution is 2.06. The molecule has 0 saturated heterocycles. The number of hydrogen-bond donors (Lipinski definition) is 1. The van der Waals surface area contributed by atoms with Gasteiger partial charge in [0.15, 0.2) is 0 Å². The van der Waals surface area contributed by atoms with Crippen molar-refractivity contribution >= 4 is 0 Å². The molecule has 0 radical (unpaired) electrons. The number of nitrogens with one attached hydrogen (secondary N) is 1. The second-order valence-electron chi connectivity index (χ2n) is 3.60. The predicted molar refractivity (Wildman–Crippen MR) is 57.9 cm³/mol. The van der Waals surface area contributed by atoms with Crippen molar-refractivity contribution in [1.82, 2.24) is 5.32 Å². The minimum atomic E-state index is -0.0987. The standard InChI is InChI=1S/C12H18FN/c1-3-10(2)14-9-8-11-6-4-5-7-12(11)13/h4-7,10,14H,3,8-9H2,1-2H3/t10-/m0/s1. The van der Waals surface area contributed by atoms with Crippen molar-refractivity contribution in [3.63, 3.8) is 0 Å². The zero-order valence-corrected chi connectivity index (χ0v) is 8.89. The summed E-state index contributed by atoms with van der Waals surface area (Å²) in [7, 11) is 0. The first-order chi connectivity index (χ1) is 6.74. The molecule has 0 aliphatic heterocycles. The van der Waals surface area contributed by atoms with E-state index in [4.69, 9.17) is 0 Å². The zero-order chi connectivity index (χ0) is 10.4. The molecule has 14 heavy (non-hydrogen) atoms. The molecule has 0 fully saturated rings. The van der Waals surface area contributed by atoms with Crippen LogP contribution < -0.4 is 5.32 Å². The Morgan fingerprint density at radius 3 is 2.71 bits per heavy atom. The van der Waals surface area contributed by atoms with E-state index in [1.54, 1.807) is 6.07 Å². The molecular formula is C12H18FN. The van der Waals surface area contributed by atoms with E-state index in [2.05, 4.69) is 19.2 Å². The lowest BCUT2D eigenvalue weighted by atomic mass is 10.1. The normalized spacial score (nSPS) is 12.8. The molecule has 1 rings (SSSR count). The van der Waals surface area contributed by atoms with Crippen molar-refractivity contribution in [2.45, 2.75) is 32.7 Å². The van der Waals surface area contributed by atoms with Gasteiger partial charge < -0.3 is 5.32 Å².